The Balaban J connectivity index is 1.39. The summed E-state index contributed by atoms with van der Waals surface area (Å²) in [6, 6.07) is 0.458. The summed E-state index contributed by atoms with van der Waals surface area (Å²) in [5, 5.41) is 3.36. The van der Waals surface area contributed by atoms with Crippen LogP contribution in [0.5, 0.6) is 0 Å². The fourth-order valence-corrected chi connectivity index (χ4v) is 4.51. The minimum Gasteiger partial charge on any atom is -0.353 e. The van der Waals surface area contributed by atoms with Crippen molar-refractivity contribution in [1.29, 1.82) is 0 Å². The van der Waals surface area contributed by atoms with Crippen LogP contribution >= 0.6 is 0 Å². The van der Waals surface area contributed by atoms with Crippen molar-refractivity contribution in [3.8, 4) is 0 Å². The van der Waals surface area contributed by atoms with E-state index in [2.05, 4.69) is 5.32 Å². The first-order valence-corrected chi connectivity index (χ1v) is 8.56. The van der Waals surface area contributed by atoms with Crippen LogP contribution < -0.4 is 5.32 Å². The molecule has 4 aliphatic carbocycles. The summed E-state index contributed by atoms with van der Waals surface area (Å²) in [5.74, 6) is 2.74. The molecule has 1 unspecified atom stereocenters. The minimum atomic E-state index is 0.114. The van der Waals surface area contributed by atoms with E-state index in [-0.39, 0.29) is 23.7 Å². The molecule has 0 spiro atoms. The molecule has 3 heteroatoms. The van der Waals surface area contributed by atoms with Gasteiger partial charge in [0, 0.05) is 23.8 Å². The normalized spacial score (nSPS) is 37.0. The molecule has 110 valence electrons. The highest BCUT2D eigenvalue weighted by Gasteiger charge is 2.45. The van der Waals surface area contributed by atoms with E-state index in [1.807, 2.05) is 0 Å². The van der Waals surface area contributed by atoms with Gasteiger partial charge in [0.05, 0.1) is 0 Å². The van der Waals surface area contributed by atoms with Crippen LogP contribution in [0.2, 0.25) is 0 Å². The first-order valence-electron chi connectivity index (χ1n) is 8.56. The van der Waals surface area contributed by atoms with Gasteiger partial charge in [-0.2, -0.15) is 0 Å². The van der Waals surface area contributed by atoms with Crippen LogP contribution in [0.4, 0.5) is 0 Å². The summed E-state index contributed by atoms with van der Waals surface area (Å²) in [7, 11) is 0. The van der Waals surface area contributed by atoms with Crippen LogP contribution in [0, 0.1) is 29.6 Å². The van der Waals surface area contributed by atoms with Crippen LogP contribution in [-0.4, -0.2) is 17.7 Å². The Labute approximate surface area is 120 Å². The molecule has 4 saturated carbocycles. The summed E-state index contributed by atoms with van der Waals surface area (Å²) in [4.78, 5) is 24.7. The van der Waals surface area contributed by atoms with Gasteiger partial charge in [-0.15, -0.1) is 0 Å². The quantitative estimate of drug-likeness (QED) is 0.857. The maximum atomic E-state index is 12.6. The number of fused-ring (bicyclic) bond motifs is 2. The molecule has 2 bridgehead atoms. The smallest absolute Gasteiger partial charge is 0.223 e. The molecule has 4 rings (SSSR count). The summed E-state index contributed by atoms with van der Waals surface area (Å²) < 4.78 is 0. The van der Waals surface area contributed by atoms with Crippen molar-refractivity contribution in [2.24, 2.45) is 29.6 Å². The SMILES string of the molecule is O=C(NC(C1CC1)C1CC1)C1C[C@H]2CCC[C@@H](C1)C2=O. The maximum absolute atomic E-state index is 12.6. The van der Waals surface area contributed by atoms with Crippen LogP contribution in [0.25, 0.3) is 0 Å². The summed E-state index contributed by atoms with van der Waals surface area (Å²) >= 11 is 0. The average molecular weight is 275 g/mol. The number of rotatable bonds is 4. The van der Waals surface area contributed by atoms with Crippen molar-refractivity contribution in [3.63, 3.8) is 0 Å². The molecule has 0 aliphatic heterocycles. The molecule has 3 atom stereocenters. The number of ketones is 1. The third kappa shape index (κ3) is 2.40. The highest BCUT2D eigenvalue weighted by atomic mass is 16.2. The van der Waals surface area contributed by atoms with Crippen LogP contribution in [0.3, 0.4) is 0 Å². The molecule has 0 saturated heterocycles. The Morgan fingerprint density at radius 2 is 1.50 bits per heavy atom. The molecule has 1 N–H and O–H groups in total. The van der Waals surface area contributed by atoms with Crippen molar-refractivity contribution in [1.82, 2.24) is 5.32 Å². The maximum Gasteiger partial charge on any atom is 0.223 e. The standard InChI is InChI=1S/C17H25NO2/c19-16-12-2-1-3-13(16)9-14(8-12)17(20)18-15(10-4-5-10)11-6-7-11/h10-15H,1-9H2,(H,18,20)/t12-,13+,14?. The van der Waals surface area contributed by atoms with E-state index in [9.17, 15) is 9.59 Å². The Kier molecular flexibility index (Phi) is 3.12. The van der Waals surface area contributed by atoms with E-state index in [0.717, 1.165) is 37.5 Å². The number of Topliss-reactive ketones (excluding diaryl/α,β-unsaturated/α-hetero) is 1. The van der Waals surface area contributed by atoms with Gasteiger partial charge >= 0.3 is 0 Å². The zero-order valence-corrected chi connectivity index (χ0v) is 12.1. The van der Waals surface area contributed by atoms with E-state index in [1.165, 1.54) is 32.1 Å². The fourth-order valence-electron chi connectivity index (χ4n) is 4.51. The second-order valence-corrected chi connectivity index (χ2v) is 7.60. The minimum absolute atomic E-state index is 0.114. The van der Waals surface area contributed by atoms with Gasteiger partial charge in [-0.25, -0.2) is 0 Å². The lowest BCUT2D eigenvalue weighted by Gasteiger charge is -2.37. The Morgan fingerprint density at radius 1 is 0.950 bits per heavy atom. The van der Waals surface area contributed by atoms with Gasteiger partial charge in [0.25, 0.3) is 0 Å². The predicted molar refractivity (Wildman–Crippen MR) is 75.9 cm³/mol. The predicted octanol–water partition coefficient (Wildman–Crippen LogP) is 2.69. The molecule has 0 radical (unpaired) electrons. The second-order valence-electron chi connectivity index (χ2n) is 7.60. The third-order valence-electron chi connectivity index (χ3n) is 5.99. The Bertz CT molecular complexity index is 397. The van der Waals surface area contributed by atoms with E-state index >= 15 is 0 Å². The van der Waals surface area contributed by atoms with Gasteiger partial charge in [0.15, 0.2) is 0 Å². The zero-order valence-electron chi connectivity index (χ0n) is 12.1. The number of carbonyl (C=O) groups excluding carboxylic acids is 2. The molecule has 0 heterocycles. The lowest BCUT2D eigenvalue weighted by Crippen LogP contribution is -2.46. The molecule has 0 aromatic heterocycles. The van der Waals surface area contributed by atoms with Crippen molar-refractivity contribution >= 4 is 11.7 Å². The molecule has 0 aromatic carbocycles. The van der Waals surface area contributed by atoms with Gasteiger partial charge in [-0.1, -0.05) is 6.42 Å². The average Bonchev–Trinajstić information content (AvgIpc) is 3.26. The van der Waals surface area contributed by atoms with Crippen LogP contribution in [-0.2, 0) is 9.59 Å². The van der Waals surface area contributed by atoms with Gasteiger partial charge in [-0.3, -0.25) is 9.59 Å². The summed E-state index contributed by atoms with van der Waals surface area (Å²) in [6.45, 7) is 0. The largest absolute Gasteiger partial charge is 0.353 e. The number of hydrogen-bond donors (Lipinski definition) is 1. The first-order chi connectivity index (χ1) is 9.72. The van der Waals surface area contributed by atoms with Gasteiger partial charge in [-0.05, 0) is 63.2 Å². The number of hydrogen-bond acceptors (Lipinski definition) is 2. The fraction of sp³-hybridized carbons (Fsp3) is 0.882. The molecular formula is C17H25NO2. The van der Waals surface area contributed by atoms with Crippen LogP contribution in [0.1, 0.15) is 57.8 Å². The highest BCUT2D eigenvalue weighted by Crippen LogP contribution is 2.45. The highest BCUT2D eigenvalue weighted by molar-refractivity contribution is 5.88. The van der Waals surface area contributed by atoms with Crippen molar-refractivity contribution in [2.45, 2.75) is 63.8 Å². The van der Waals surface area contributed by atoms with Gasteiger partial charge in [0.2, 0.25) is 5.91 Å². The summed E-state index contributed by atoms with van der Waals surface area (Å²) in [5.41, 5.74) is 0. The van der Waals surface area contributed by atoms with E-state index in [1.54, 1.807) is 0 Å². The van der Waals surface area contributed by atoms with E-state index < -0.39 is 0 Å². The van der Waals surface area contributed by atoms with E-state index in [4.69, 9.17) is 0 Å². The molecule has 1 amide bonds. The number of amides is 1. The number of carbonyl (C=O) groups is 2. The molecular weight excluding hydrogens is 250 g/mol. The molecule has 4 aliphatic rings. The molecule has 3 nitrogen and oxygen atoms in total. The van der Waals surface area contributed by atoms with Crippen molar-refractivity contribution in [2.75, 3.05) is 0 Å². The number of nitrogens with one attached hydrogen (secondary N) is 1. The topological polar surface area (TPSA) is 46.2 Å². The Hall–Kier alpha value is -0.860. The van der Waals surface area contributed by atoms with Crippen molar-refractivity contribution in [3.05, 3.63) is 0 Å². The lowest BCUT2D eigenvalue weighted by atomic mass is 9.67. The van der Waals surface area contributed by atoms with Crippen molar-refractivity contribution < 1.29 is 9.59 Å². The zero-order chi connectivity index (χ0) is 13.7. The summed E-state index contributed by atoms with van der Waals surface area (Å²) in [6.07, 6.45) is 10.1. The Morgan fingerprint density at radius 3 is 2.00 bits per heavy atom. The lowest BCUT2D eigenvalue weighted by molar-refractivity contribution is -0.138. The third-order valence-corrected chi connectivity index (χ3v) is 5.99. The van der Waals surface area contributed by atoms with E-state index in [0.29, 0.717) is 11.8 Å². The first kappa shape index (κ1) is 12.8. The van der Waals surface area contributed by atoms with Crippen LogP contribution in [0.15, 0.2) is 0 Å². The second kappa shape index (κ2) is 4.85. The molecule has 20 heavy (non-hydrogen) atoms. The molecule has 4 fully saturated rings. The van der Waals surface area contributed by atoms with Gasteiger partial charge < -0.3 is 5.32 Å². The monoisotopic (exact) mass is 275 g/mol. The molecule has 0 aromatic rings. The van der Waals surface area contributed by atoms with Gasteiger partial charge in [0.1, 0.15) is 5.78 Å².